The Labute approximate surface area is 143 Å². The lowest BCUT2D eigenvalue weighted by atomic mass is 10.0. The van der Waals surface area contributed by atoms with Gasteiger partial charge in [-0.15, -0.1) is 12.3 Å². The van der Waals surface area contributed by atoms with Crippen molar-refractivity contribution in [2.75, 3.05) is 6.54 Å². The highest BCUT2D eigenvalue weighted by Crippen LogP contribution is 2.36. The van der Waals surface area contributed by atoms with Crippen LogP contribution in [0.1, 0.15) is 29.6 Å². The van der Waals surface area contributed by atoms with Gasteiger partial charge in [-0.1, -0.05) is 0 Å². The predicted molar refractivity (Wildman–Crippen MR) is 90.7 cm³/mol. The van der Waals surface area contributed by atoms with Crippen molar-refractivity contribution in [3.05, 3.63) is 46.5 Å². The fraction of sp³-hybridized carbons (Fsp3) is 0.294. The summed E-state index contributed by atoms with van der Waals surface area (Å²) in [5.74, 6) is 2.09. The van der Waals surface area contributed by atoms with E-state index in [0.29, 0.717) is 31.5 Å². The number of nitrogens with one attached hydrogen (secondary N) is 2. The number of amides is 1. The molecule has 0 saturated carbocycles. The van der Waals surface area contributed by atoms with E-state index < -0.39 is 17.1 Å². The van der Waals surface area contributed by atoms with Crippen LogP contribution in [0, 0.1) is 12.3 Å². The molecule has 0 fully saturated rings. The molecule has 1 amide bonds. The monoisotopic (exact) mass is 336 g/mol. The predicted octanol–water partition coefficient (Wildman–Crippen LogP) is 1.53. The van der Waals surface area contributed by atoms with E-state index in [1.165, 1.54) is 6.07 Å². The van der Waals surface area contributed by atoms with E-state index in [2.05, 4.69) is 36.6 Å². The van der Waals surface area contributed by atoms with Gasteiger partial charge in [0.05, 0.1) is 5.69 Å². The Hall–Kier alpha value is -3.34. The van der Waals surface area contributed by atoms with Crippen LogP contribution in [0.25, 0.3) is 11.3 Å². The number of hydrogen-bond acceptors (Lipinski definition) is 6. The Balaban J connectivity index is 1.64. The Morgan fingerprint density at radius 3 is 2.72 bits per heavy atom. The summed E-state index contributed by atoms with van der Waals surface area (Å²) in [6.45, 7) is 0.350. The van der Waals surface area contributed by atoms with Crippen LogP contribution in [0.3, 0.4) is 0 Å². The second kappa shape index (κ2) is 7.05. The van der Waals surface area contributed by atoms with Gasteiger partial charge in [0.25, 0.3) is 11.5 Å². The fourth-order valence-electron chi connectivity index (χ4n) is 2.38. The Morgan fingerprint density at radius 2 is 2.04 bits per heavy atom. The van der Waals surface area contributed by atoms with Gasteiger partial charge >= 0.3 is 0 Å². The Morgan fingerprint density at radius 1 is 1.28 bits per heavy atom. The van der Waals surface area contributed by atoms with E-state index in [1.807, 2.05) is 0 Å². The van der Waals surface area contributed by atoms with E-state index in [0.717, 1.165) is 5.56 Å². The van der Waals surface area contributed by atoms with E-state index >= 15 is 0 Å². The van der Waals surface area contributed by atoms with Crippen molar-refractivity contribution in [1.82, 2.24) is 20.5 Å². The Kier molecular flexibility index (Phi) is 4.66. The number of aromatic amines is 1. The molecule has 0 atom stereocenters. The lowest BCUT2D eigenvalue weighted by Gasteiger charge is -2.10. The van der Waals surface area contributed by atoms with Gasteiger partial charge in [0.2, 0.25) is 0 Å². The summed E-state index contributed by atoms with van der Waals surface area (Å²) in [5.41, 5.74) is 0.239. The first-order valence-corrected chi connectivity index (χ1v) is 7.79. The minimum Gasteiger partial charge on any atom is -0.352 e. The molecule has 3 rings (SSSR count). The topological polar surface area (TPSA) is 112 Å². The van der Waals surface area contributed by atoms with Gasteiger partial charge in [-0.3, -0.25) is 14.6 Å². The third kappa shape index (κ3) is 3.95. The smallest absolute Gasteiger partial charge is 0.277 e. The maximum absolute atomic E-state index is 12.3. The first-order chi connectivity index (χ1) is 12.1. The number of terminal acetylenes is 1. The van der Waals surface area contributed by atoms with E-state index in [-0.39, 0.29) is 5.56 Å². The summed E-state index contributed by atoms with van der Waals surface area (Å²) in [4.78, 5) is 28.1. The van der Waals surface area contributed by atoms with Gasteiger partial charge in [-0.2, -0.15) is 15.3 Å². The molecule has 0 spiro atoms. The van der Waals surface area contributed by atoms with Gasteiger partial charge in [0, 0.05) is 43.8 Å². The molecule has 0 saturated heterocycles. The normalized spacial score (nSPS) is 13.9. The average Bonchev–Trinajstić information content (AvgIpc) is 3.41. The lowest BCUT2D eigenvalue weighted by molar-refractivity contribution is 0.0950. The molecule has 1 aliphatic rings. The second-order valence-electron chi connectivity index (χ2n) is 5.62. The number of pyridine rings is 1. The zero-order valence-corrected chi connectivity index (χ0v) is 13.4. The van der Waals surface area contributed by atoms with Crippen LogP contribution in [0.5, 0.6) is 0 Å². The van der Waals surface area contributed by atoms with Gasteiger partial charge in [0.1, 0.15) is 5.56 Å². The third-order valence-electron chi connectivity index (χ3n) is 3.89. The maximum atomic E-state index is 12.3. The zero-order valence-electron chi connectivity index (χ0n) is 13.4. The average molecular weight is 336 g/mol. The molecule has 25 heavy (non-hydrogen) atoms. The number of rotatable bonds is 7. The molecule has 8 nitrogen and oxygen atoms in total. The summed E-state index contributed by atoms with van der Waals surface area (Å²) in [7, 11) is 0. The highest BCUT2D eigenvalue weighted by molar-refractivity contribution is 5.94. The molecule has 3 heterocycles. The van der Waals surface area contributed by atoms with E-state index in [9.17, 15) is 9.59 Å². The van der Waals surface area contributed by atoms with Crippen LogP contribution in [0.2, 0.25) is 0 Å². The largest absolute Gasteiger partial charge is 0.352 e. The third-order valence-corrected chi connectivity index (χ3v) is 3.89. The SMILES string of the molecule is C#CCCC1(CCNC(=O)c2cc(-c3ccncc3)n[nH]c2=O)N=N1. The van der Waals surface area contributed by atoms with Gasteiger partial charge in [-0.05, 0) is 18.2 Å². The quantitative estimate of drug-likeness (QED) is 0.746. The number of carbonyl (C=O) groups is 1. The van der Waals surface area contributed by atoms with Crippen molar-refractivity contribution in [2.24, 2.45) is 10.2 Å². The van der Waals surface area contributed by atoms with Crippen LogP contribution >= 0.6 is 0 Å². The van der Waals surface area contributed by atoms with E-state index in [1.54, 1.807) is 24.5 Å². The van der Waals surface area contributed by atoms with Crippen molar-refractivity contribution < 1.29 is 4.79 Å². The number of aromatic nitrogens is 3. The van der Waals surface area contributed by atoms with Crippen molar-refractivity contribution in [3.63, 3.8) is 0 Å². The minimum absolute atomic E-state index is 0.00385. The lowest BCUT2D eigenvalue weighted by Crippen LogP contribution is -2.32. The Bertz CT molecular complexity index is 891. The zero-order chi connectivity index (χ0) is 17.7. The van der Waals surface area contributed by atoms with Crippen molar-refractivity contribution in [2.45, 2.75) is 24.9 Å². The number of hydrogen-bond donors (Lipinski definition) is 2. The standard InChI is InChI=1S/C17H16N6O2/c1-2-3-6-17(22-23-17)7-10-19-15(24)13-11-14(20-21-16(13)25)12-4-8-18-9-5-12/h1,4-5,8-9,11H,3,6-7,10H2,(H,19,24)(H,21,25). The molecular weight excluding hydrogens is 320 g/mol. The summed E-state index contributed by atoms with van der Waals surface area (Å²) in [6.07, 6.45) is 10.3. The molecule has 0 radical (unpaired) electrons. The number of nitrogens with zero attached hydrogens (tertiary/aromatic N) is 4. The minimum atomic E-state index is -0.543. The molecule has 0 bridgehead atoms. The summed E-state index contributed by atoms with van der Waals surface area (Å²) in [6, 6.07) is 4.95. The molecule has 0 aliphatic carbocycles. The van der Waals surface area contributed by atoms with Crippen molar-refractivity contribution in [3.8, 4) is 23.6 Å². The molecule has 0 aromatic carbocycles. The summed E-state index contributed by atoms with van der Waals surface area (Å²) >= 11 is 0. The van der Waals surface area contributed by atoms with Gasteiger partial charge < -0.3 is 5.32 Å². The molecule has 8 heteroatoms. The first-order valence-electron chi connectivity index (χ1n) is 7.79. The van der Waals surface area contributed by atoms with Gasteiger partial charge in [0.15, 0.2) is 5.66 Å². The molecular formula is C17H16N6O2. The van der Waals surface area contributed by atoms with Gasteiger partial charge in [-0.25, -0.2) is 5.10 Å². The molecule has 126 valence electrons. The second-order valence-corrected chi connectivity index (χ2v) is 5.62. The summed E-state index contributed by atoms with van der Waals surface area (Å²) in [5, 5.41) is 17.0. The maximum Gasteiger partial charge on any atom is 0.277 e. The molecule has 1 aliphatic heterocycles. The molecule has 2 N–H and O–H groups in total. The highest BCUT2D eigenvalue weighted by atomic mass is 16.2. The molecule has 2 aromatic heterocycles. The summed E-state index contributed by atoms with van der Waals surface area (Å²) < 4.78 is 0. The van der Waals surface area contributed by atoms with Crippen molar-refractivity contribution in [1.29, 1.82) is 0 Å². The van der Waals surface area contributed by atoms with Crippen LogP contribution in [0.15, 0.2) is 45.6 Å². The fourth-order valence-corrected chi connectivity index (χ4v) is 2.38. The van der Waals surface area contributed by atoms with Crippen LogP contribution in [-0.4, -0.2) is 33.3 Å². The van der Waals surface area contributed by atoms with Crippen LogP contribution < -0.4 is 10.9 Å². The van der Waals surface area contributed by atoms with Crippen LogP contribution in [0.4, 0.5) is 0 Å². The molecule has 2 aromatic rings. The van der Waals surface area contributed by atoms with E-state index in [4.69, 9.17) is 6.42 Å². The highest BCUT2D eigenvalue weighted by Gasteiger charge is 2.38. The molecule has 0 unspecified atom stereocenters. The number of carbonyl (C=O) groups excluding carboxylic acids is 1. The van der Waals surface area contributed by atoms with Crippen molar-refractivity contribution >= 4 is 5.91 Å². The number of H-pyrrole nitrogens is 1. The van der Waals surface area contributed by atoms with Crippen LogP contribution in [-0.2, 0) is 0 Å². The first kappa shape index (κ1) is 16.5.